The largest absolute Gasteiger partial charge is 0.300 e. The molecule has 0 aliphatic rings. The van der Waals surface area contributed by atoms with Crippen molar-refractivity contribution in [3.63, 3.8) is 0 Å². The molecule has 4 nitrogen and oxygen atoms in total. The summed E-state index contributed by atoms with van der Waals surface area (Å²) in [5.41, 5.74) is 4.47. The Morgan fingerprint density at radius 2 is 2.08 bits per heavy atom. The zero-order valence-electron chi connectivity index (χ0n) is 6.77. The van der Waals surface area contributed by atoms with E-state index < -0.39 is 0 Å². The molecule has 13 heavy (non-hydrogen) atoms. The maximum Gasteiger partial charge on any atom is 0.197 e. The quantitative estimate of drug-likeness (QED) is 0.559. The van der Waals surface area contributed by atoms with Gasteiger partial charge in [-0.25, -0.2) is 10.8 Å². The van der Waals surface area contributed by atoms with Gasteiger partial charge in [-0.15, -0.1) is 11.3 Å². The monoisotopic (exact) mass is 192 g/mol. The number of hydrazine groups is 1. The Bertz CT molecular complexity index is 384. The molecule has 0 atom stereocenters. The molecule has 0 saturated carbocycles. The Labute approximate surface area is 79.4 Å². The molecule has 2 rings (SSSR count). The smallest absolute Gasteiger partial charge is 0.197 e. The van der Waals surface area contributed by atoms with Crippen molar-refractivity contribution >= 4 is 16.5 Å². The zero-order chi connectivity index (χ0) is 9.10. The third-order valence-electron chi connectivity index (χ3n) is 1.60. The topological polar surface area (TPSA) is 63.8 Å². The van der Waals surface area contributed by atoms with Gasteiger partial charge in [0.05, 0.1) is 5.69 Å². The number of nitrogens with one attached hydrogen (secondary N) is 1. The van der Waals surface area contributed by atoms with Gasteiger partial charge in [-0.05, 0) is 12.1 Å². The highest BCUT2D eigenvalue weighted by Gasteiger charge is 2.01. The minimum Gasteiger partial charge on any atom is -0.300 e. The minimum absolute atomic E-state index is 0.715. The number of anilines is 1. The van der Waals surface area contributed by atoms with Crippen molar-refractivity contribution < 1.29 is 0 Å². The molecule has 0 spiro atoms. The third kappa shape index (κ3) is 1.66. The van der Waals surface area contributed by atoms with Crippen LogP contribution in [-0.2, 0) is 0 Å². The summed E-state index contributed by atoms with van der Waals surface area (Å²) in [6.07, 6.45) is 3.48. The molecule has 2 aromatic heterocycles. The van der Waals surface area contributed by atoms with Gasteiger partial charge in [-0.3, -0.25) is 10.4 Å². The number of nitrogen functional groups attached to an aromatic ring is 1. The Balaban J connectivity index is 2.36. The van der Waals surface area contributed by atoms with Crippen LogP contribution < -0.4 is 11.3 Å². The van der Waals surface area contributed by atoms with Gasteiger partial charge in [0.2, 0.25) is 0 Å². The number of rotatable bonds is 2. The standard InChI is InChI=1S/C8H8N4S/c9-12-8-11-7(5-13-8)6-1-3-10-4-2-6/h1-5H,9H2,(H,11,12). The Kier molecular flexibility index (Phi) is 2.20. The van der Waals surface area contributed by atoms with Crippen LogP contribution in [0.1, 0.15) is 0 Å². The summed E-state index contributed by atoms with van der Waals surface area (Å²) in [6.45, 7) is 0. The van der Waals surface area contributed by atoms with Gasteiger partial charge in [-0.2, -0.15) is 0 Å². The maximum absolute atomic E-state index is 5.23. The first-order valence-corrected chi connectivity index (χ1v) is 4.60. The molecule has 0 aliphatic heterocycles. The molecule has 2 heterocycles. The van der Waals surface area contributed by atoms with Crippen LogP contribution >= 0.6 is 11.3 Å². The first-order valence-electron chi connectivity index (χ1n) is 3.72. The number of aromatic nitrogens is 2. The van der Waals surface area contributed by atoms with Gasteiger partial charge < -0.3 is 0 Å². The minimum atomic E-state index is 0.715. The van der Waals surface area contributed by atoms with Crippen molar-refractivity contribution in [1.29, 1.82) is 0 Å². The average Bonchev–Trinajstić information content (AvgIpc) is 2.67. The predicted octanol–water partition coefficient (Wildman–Crippen LogP) is 1.49. The van der Waals surface area contributed by atoms with Gasteiger partial charge in [0.15, 0.2) is 5.13 Å². The normalized spacial score (nSPS) is 9.92. The van der Waals surface area contributed by atoms with Gasteiger partial charge >= 0.3 is 0 Å². The average molecular weight is 192 g/mol. The lowest BCUT2D eigenvalue weighted by Crippen LogP contribution is -2.05. The summed E-state index contributed by atoms with van der Waals surface area (Å²) in [6, 6.07) is 3.82. The Morgan fingerprint density at radius 1 is 1.31 bits per heavy atom. The predicted molar refractivity (Wildman–Crippen MR) is 53.2 cm³/mol. The van der Waals surface area contributed by atoms with E-state index >= 15 is 0 Å². The number of thiazole rings is 1. The van der Waals surface area contributed by atoms with Crippen LogP contribution in [0, 0.1) is 0 Å². The van der Waals surface area contributed by atoms with Crippen molar-refractivity contribution in [3.05, 3.63) is 29.9 Å². The zero-order valence-corrected chi connectivity index (χ0v) is 7.58. The van der Waals surface area contributed by atoms with E-state index in [4.69, 9.17) is 5.84 Å². The molecule has 66 valence electrons. The summed E-state index contributed by atoms with van der Waals surface area (Å²) in [5, 5.41) is 2.66. The molecule has 0 fully saturated rings. The second-order valence-electron chi connectivity index (χ2n) is 2.42. The van der Waals surface area contributed by atoms with E-state index in [1.807, 2.05) is 17.5 Å². The maximum atomic E-state index is 5.23. The van der Waals surface area contributed by atoms with Crippen LogP contribution in [0.2, 0.25) is 0 Å². The molecule has 0 unspecified atom stereocenters. The van der Waals surface area contributed by atoms with Crippen molar-refractivity contribution in [2.45, 2.75) is 0 Å². The Morgan fingerprint density at radius 3 is 2.69 bits per heavy atom. The fraction of sp³-hybridized carbons (Fsp3) is 0. The highest BCUT2D eigenvalue weighted by Crippen LogP contribution is 2.23. The van der Waals surface area contributed by atoms with Crippen LogP contribution in [0.25, 0.3) is 11.3 Å². The van der Waals surface area contributed by atoms with Crippen molar-refractivity contribution in [3.8, 4) is 11.3 Å². The van der Waals surface area contributed by atoms with Gasteiger partial charge in [-0.1, -0.05) is 0 Å². The fourth-order valence-corrected chi connectivity index (χ4v) is 1.63. The van der Waals surface area contributed by atoms with E-state index in [0.717, 1.165) is 11.3 Å². The van der Waals surface area contributed by atoms with E-state index in [0.29, 0.717) is 5.13 Å². The lowest BCUT2D eigenvalue weighted by atomic mass is 10.2. The molecule has 0 bridgehead atoms. The van der Waals surface area contributed by atoms with Crippen LogP contribution in [0.5, 0.6) is 0 Å². The SMILES string of the molecule is NNc1nc(-c2ccncc2)cs1. The van der Waals surface area contributed by atoms with E-state index in [9.17, 15) is 0 Å². The molecule has 0 amide bonds. The highest BCUT2D eigenvalue weighted by molar-refractivity contribution is 7.14. The molecular formula is C8H8N4S. The van der Waals surface area contributed by atoms with Crippen LogP contribution in [0.15, 0.2) is 29.9 Å². The third-order valence-corrected chi connectivity index (χ3v) is 2.38. The molecule has 3 N–H and O–H groups in total. The van der Waals surface area contributed by atoms with Crippen LogP contribution in [0.3, 0.4) is 0 Å². The summed E-state index contributed by atoms with van der Waals surface area (Å²) in [7, 11) is 0. The Hall–Kier alpha value is -1.46. The highest BCUT2D eigenvalue weighted by atomic mass is 32.1. The first-order chi connectivity index (χ1) is 6.40. The van der Waals surface area contributed by atoms with Crippen LogP contribution in [0.4, 0.5) is 5.13 Å². The van der Waals surface area contributed by atoms with E-state index in [-0.39, 0.29) is 0 Å². The molecule has 2 aromatic rings. The number of nitrogens with two attached hydrogens (primary N) is 1. The van der Waals surface area contributed by atoms with Crippen molar-refractivity contribution in [2.24, 2.45) is 5.84 Å². The van der Waals surface area contributed by atoms with Crippen molar-refractivity contribution in [2.75, 3.05) is 5.43 Å². The number of hydrogen-bond donors (Lipinski definition) is 2. The molecule has 0 aromatic carbocycles. The summed E-state index contributed by atoms with van der Waals surface area (Å²) in [5.74, 6) is 5.23. The van der Waals surface area contributed by atoms with Gasteiger partial charge in [0.1, 0.15) is 0 Å². The van der Waals surface area contributed by atoms with E-state index in [1.54, 1.807) is 12.4 Å². The molecule has 0 aliphatic carbocycles. The summed E-state index contributed by atoms with van der Waals surface area (Å²) in [4.78, 5) is 8.19. The summed E-state index contributed by atoms with van der Waals surface area (Å²) >= 11 is 1.48. The van der Waals surface area contributed by atoms with Gasteiger partial charge in [0, 0.05) is 23.3 Å². The van der Waals surface area contributed by atoms with Gasteiger partial charge in [0.25, 0.3) is 0 Å². The second-order valence-corrected chi connectivity index (χ2v) is 3.28. The lowest BCUT2D eigenvalue weighted by molar-refractivity contribution is 1.27. The molecule has 0 saturated heterocycles. The number of pyridine rings is 1. The van der Waals surface area contributed by atoms with Crippen molar-refractivity contribution in [1.82, 2.24) is 9.97 Å². The molecule has 0 radical (unpaired) electrons. The molecule has 5 heteroatoms. The molecular weight excluding hydrogens is 184 g/mol. The number of nitrogens with zero attached hydrogens (tertiary/aromatic N) is 2. The first kappa shape index (κ1) is 8.15. The number of hydrogen-bond acceptors (Lipinski definition) is 5. The van der Waals surface area contributed by atoms with E-state index in [1.165, 1.54) is 11.3 Å². The fourth-order valence-electron chi connectivity index (χ4n) is 0.995. The van der Waals surface area contributed by atoms with Crippen LogP contribution in [-0.4, -0.2) is 9.97 Å². The lowest BCUT2D eigenvalue weighted by Gasteiger charge is -1.93. The second kappa shape index (κ2) is 3.51. The summed E-state index contributed by atoms with van der Waals surface area (Å²) < 4.78 is 0. The van der Waals surface area contributed by atoms with E-state index in [2.05, 4.69) is 15.4 Å².